The van der Waals surface area contributed by atoms with Crippen LogP contribution in [0.15, 0.2) is 17.1 Å². The second-order valence-electron chi connectivity index (χ2n) is 6.21. The minimum Gasteiger partial charge on any atom is -0.477 e. The molecule has 1 saturated heterocycles. The number of hydrogen-bond donors (Lipinski definition) is 1. The zero-order valence-corrected chi connectivity index (χ0v) is 14.5. The Morgan fingerprint density at radius 2 is 2.00 bits per heavy atom. The van der Waals surface area contributed by atoms with Crippen LogP contribution in [0.5, 0.6) is 0 Å². The van der Waals surface area contributed by atoms with Crippen molar-refractivity contribution in [3.8, 4) is 0 Å². The lowest BCUT2D eigenvalue weighted by Crippen LogP contribution is -2.45. The average Bonchev–Trinajstić information content (AvgIpc) is 2.61. The number of rotatable bonds is 4. The maximum atomic E-state index is 12.5. The number of carbonyl (C=O) groups is 1. The van der Waals surface area contributed by atoms with Gasteiger partial charge in [0.15, 0.2) is 0 Å². The summed E-state index contributed by atoms with van der Waals surface area (Å²) in [5.41, 5.74) is -1.23. The van der Waals surface area contributed by atoms with E-state index in [0.29, 0.717) is 19.6 Å². The number of aromatic nitrogens is 2. The number of piperazine rings is 1. The van der Waals surface area contributed by atoms with Crippen LogP contribution in [0.25, 0.3) is 11.0 Å². The number of nitro groups is 1. The maximum absolute atomic E-state index is 12.5. The van der Waals surface area contributed by atoms with Crippen molar-refractivity contribution >= 4 is 28.5 Å². The molecule has 0 atom stereocenters. The first kappa shape index (κ1) is 17.8. The number of hydrogen-bond acceptors (Lipinski definition) is 7. The van der Waals surface area contributed by atoms with Crippen LogP contribution in [0, 0.1) is 10.1 Å². The van der Waals surface area contributed by atoms with Crippen LogP contribution in [-0.4, -0.2) is 63.7 Å². The van der Waals surface area contributed by atoms with Gasteiger partial charge in [-0.2, -0.15) is 0 Å². The van der Waals surface area contributed by atoms with E-state index in [4.69, 9.17) is 0 Å². The van der Waals surface area contributed by atoms with Crippen molar-refractivity contribution in [2.24, 2.45) is 0 Å². The van der Waals surface area contributed by atoms with E-state index in [-0.39, 0.29) is 22.5 Å². The second kappa shape index (κ2) is 6.71. The molecule has 0 radical (unpaired) electrons. The van der Waals surface area contributed by atoms with Crippen molar-refractivity contribution < 1.29 is 14.8 Å². The van der Waals surface area contributed by atoms with E-state index in [2.05, 4.69) is 9.88 Å². The van der Waals surface area contributed by atoms with Gasteiger partial charge in [0, 0.05) is 45.0 Å². The van der Waals surface area contributed by atoms with E-state index >= 15 is 0 Å². The summed E-state index contributed by atoms with van der Waals surface area (Å²) in [4.78, 5) is 43.1. The Kier molecular flexibility index (Phi) is 4.60. The van der Waals surface area contributed by atoms with Crippen molar-refractivity contribution in [1.29, 1.82) is 0 Å². The number of pyridine rings is 2. The molecule has 0 saturated carbocycles. The number of aryl methyl sites for hydroxylation is 1. The number of nitrogens with zero attached hydrogens (tertiary/aromatic N) is 5. The highest BCUT2D eigenvalue weighted by molar-refractivity contribution is 5.93. The Morgan fingerprint density at radius 1 is 1.35 bits per heavy atom. The van der Waals surface area contributed by atoms with Crippen LogP contribution >= 0.6 is 0 Å². The van der Waals surface area contributed by atoms with Gasteiger partial charge in [0.25, 0.3) is 0 Å². The number of likely N-dealkylation sites (N-methyl/N-ethyl adjacent to an activating group) is 1. The quantitative estimate of drug-likeness (QED) is 0.626. The van der Waals surface area contributed by atoms with Gasteiger partial charge in [-0.1, -0.05) is 0 Å². The monoisotopic (exact) mass is 361 g/mol. The predicted molar refractivity (Wildman–Crippen MR) is 95.0 cm³/mol. The Hall–Kier alpha value is -3.01. The molecule has 10 nitrogen and oxygen atoms in total. The third kappa shape index (κ3) is 2.99. The molecule has 0 aromatic carbocycles. The lowest BCUT2D eigenvalue weighted by atomic mass is 10.1. The molecule has 0 bridgehead atoms. The Bertz CT molecular complexity index is 946. The lowest BCUT2D eigenvalue weighted by molar-refractivity contribution is -0.384. The molecule has 26 heavy (non-hydrogen) atoms. The first-order valence-electron chi connectivity index (χ1n) is 8.22. The fourth-order valence-corrected chi connectivity index (χ4v) is 3.07. The van der Waals surface area contributed by atoms with Crippen LogP contribution < -0.4 is 10.3 Å². The molecule has 1 N–H and O–H groups in total. The normalized spacial score (nSPS) is 15.4. The molecule has 1 fully saturated rings. The summed E-state index contributed by atoms with van der Waals surface area (Å²) in [5, 5.41) is 20.7. The molecule has 1 aliphatic heterocycles. The zero-order valence-electron chi connectivity index (χ0n) is 14.5. The standard InChI is InChI=1S/C16H19N5O5/c1-3-19-9-11(16(23)24)13(22)10-8-12(21(25)26)15(17-14(10)19)20-6-4-18(2)5-7-20/h8-9H,3-7H2,1-2H3,(H,23,24). The number of carboxylic acids is 1. The molecular weight excluding hydrogens is 342 g/mol. The summed E-state index contributed by atoms with van der Waals surface area (Å²) in [7, 11) is 1.97. The molecular formula is C16H19N5O5. The summed E-state index contributed by atoms with van der Waals surface area (Å²) in [5.74, 6) is -1.16. The van der Waals surface area contributed by atoms with Crippen molar-refractivity contribution in [3.63, 3.8) is 0 Å². The molecule has 3 heterocycles. The number of carboxylic acid groups (broad SMARTS) is 1. The molecule has 0 aliphatic carbocycles. The minimum absolute atomic E-state index is 0.0590. The SMILES string of the molecule is CCn1cc(C(=O)O)c(=O)c2cc([N+](=O)[O-])c(N3CCN(C)CC3)nc21. The van der Waals surface area contributed by atoms with E-state index in [9.17, 15) is 24.8 Å². The maximum Gasteiger partial charge on any atom is 0.341 e. The van der Waals surface area contributed by atoms with E-state index in [1.165, 1.54) is 10.8 Å². The summed E-state index contributed by atoms with van der Waals surface area (Å²) >= 11 is 0. The van der Waals surface area contributed by atoms with Crippen LogP contribution in [0.1, 0.15) is 17.3 Å². The van der Waals surface area contributed by atoms with Crippen molar-refractivity contribution in [2.75, 3.05) is 38.1 Å². The highest BCUT2D eigenvalue weighted by Gasteiger charge is 2.27. The van der Waals surface area contributed by atoms with Crippen molar-refractivity contribution in [1.82, 2.24) is 14.5 Å². The average molecular weight is 361 g/mol. The van der Waals surface area contributed by atoms with E-state index < -0.39 is 21.9 Å². The third-order valence-electron chi connectivity index (χ3n) is 4.58. The van der Waals surface area contributed by atoms with Gasteiger partial charge >= 0.3 is 11.7 Å². The van der Waals surface area contributed by atoms with Gasteiger partial charge in [-0.3, -0.25) is 14.9 Å². The molecule has 1 aliphatic rings. The number of fused-ring (bicyclic) bond motifs is 1. The smallest absolute Gasteiger partial charge is 0.341 e. The highest BCUT2D eigenvalue weighted by Crippen LogP contribution is 2.29. The topological polar surface area (TPSA) is 122 Å². The number of anilines is 1. The first-order valence-corrected chi connectivity index (χ1v) is 8.22. The Balaban J connectivity index is 2.28. The summed E-state index contributed by atoms with van der Waals surface area (Å²) in [6, 6.07) is 1.15. The lowest BCUT2D eigenvalue weighted by Gasteiger charge is -2.33. The largest absolute Gasteiger partial charge is 0.477 e. The molecule has 2 aromatic heterocycles. The minimum atomic E-state index is -1.37. The van der Waals surface area contributed by atoms with E-state index in [1.54, 1.807) is 6.92 Å². The summed E-state index contributed by atoms with van der Waals surface area (Å²) < 4.78 is 1.53. The van der Waals surface area contributed by atoms with Gasteiger partial charge in [-0.05, 0) is 14.0 Å². The molecule has 10 heteroatoms. The number of aromatic carboxylic acids is 1. The molecule has 2 aromatic rings. The summed E-state index contributed by atoms with van der Waals surface area (Å²) in [6.45, 7) is 4.82. The van der Waals surface area contributed by atoms with Crippen LogP contribution in [0.3, 0.4) is 0 Å². The highest BCUT2D eigenvalue weighted by atomic mass is 16.6. The third-order valence-corrected chi connectivity index (χ3v) is 4.58. The van der Waals surface area contributed by atoms with E-state index in [0.717, 1.165) is 19.2 Å². The molecule has 3 rings (SSSR count). The molecule has 0 unspecified atom stereocenters. The second-order valence-corrected chi connectivity index (χ2v) is 6.21. The molecule has 0 spiro atoms. The van der Waals surface area contributed by atoms with Gasteiger partial charge in [0.1, 0.15) is 11.2 Å². The fourth-order valence-electron chi connectivity index (χ4n) is 3.07. The van der Waals surface area contributed by atoms with Crippen LogP contribution in [0.4, 0.5) is 11.5 Å². The van der Waals surface area contributed by atoms with Gasteiger partial charge in [-0.25, -0.2) is 9.78 Å². The van der Waals surface area contributed by atoms with Gasteiger partial charge < -0.3 is 19.5 Å². The van der Waals surface area contributed by atoms with Gasteiger partial charge in [-0.15, -0.1) is 0 Å². The fraction of sp³-hybridized carbons (Fsp3) is 0.438. The Morgan fingerprint density at radius 3 is 2.54 bits per heavy atom. The predicted octanol–water partition coefficient (Wildman–Crippen LogP) is 0.775. The zero-order chi connectivity index (χ0) is 19.0. The summed E-state index contributed by atoms with van der Waals surface area (Å²) in [6.07, 6.45) is 1.24. The van der Waals surface area contributed by atoms with Crippen LogP contribution in [-0.2, 0) is 6.54 Å². The first-order chi connectivity index (χ1) is 12.3. The molecule has 0 amide bonds. The van der Waals surface area contributed by atoms with Gasteiger partial charge in [0.2, 0.25) is 11.2 Å². The Labute approximate surface area is 148 Å². The van der Waals surface area contributed by atoms with Gasteiger partial charge in [0.05, 0.1) is 10.3 Å². The van der Waals surface area contributed by atoms with E-state index in [1.807, 2.05) is 11.9 Å². The van der Waals surface area contributed by atoms with Crippen molar-refractivity contribution in [2.45, 2.75) is 13.5 Å². The molecule has 138 valence electrons. The van der Waals surface area contributed by atoms with Crippen molar-refractivity contribution in [3.05, 3.63) is 38.2 Å². The van der Waals surface area contributed by atoms with Crippen LogP contribution in [0.2, 0.25) is 0 Å².